The van der Waals surface area contributed by atoms with Gasteiger partial charge in [0.05, 0.1) is 13.7 Å². The van der Waals surface area contributed by atoms with Crippen LogP contribution >= 0.6 is 0 Å². The number of hydrogen-bond acceptors (Lipinski definition) is 5. The van der Waals surface area contributed by atoms with E-state index in [-0.39, 0.29) is 6.79 Å². The molecule has 2 heterocycles. The van der Waals surface area contributed by atoms with Crippen molar-refractivity contribution in [2.45, 2.75) is 38.5 Å². The van der Waals surface area contributed by atoms with E-state index >= 15 is 0 Å². The molecule has 2 aliphatic heterocycles. The minimum absolute atomic E-state index is 0.285. The lowest BCUT2D eigenvalue weighted by Crippen LogP contribution is -2.42. The van der Waals surface area contributed by atoms with Crippen LogP contribution in [0.3, 0.4) is 0 Å². The zero-order chi connectivity index (χ0) is 20.8. The van der Waals surface area contributed by atoms with Crippen molar-refractivity contribution in [2.75, 3.05) is 40.1 Å². The van der Waals surface area contributed by atoms with Crippen LogP contribution in [0.2, 0.25) is 0 Å². The minimum Gasteiger partial charge on any atom is -0.497 e. The highest BCUT2D eigenvalue weighted by molar-refractivity contribution is 5.46. The van der Waals surface area contributed by atoms with Gasteiger partial charge in [-0.05, 0) is 61.7 Å². The second-order valence-corrected chi connectivity index (χ2v) is 8.26. The third kappa shape index (κ3) is 5.01. The Morgan fingerprint density at radius 1 is 1.00 bits per heavy atom. The summed E-state index contributed by atoms with van der Waals surface area (Å²) in [7, 11) is 1.71. The monoisotopic (exact) mass is 411 g/mol. The van der Waals surface area contributed by atoms with Crippen LogP contribution < -0.4 is 18.9 Å². The largest absolute Gasteiger partial charge is 0.497 e. The van der Waals surface area contributed by atoms with Gasteiger partial charge in [-0.25, -0.2) is 0 Å². The number of unbranched alkanes of at least 4 members (excludes halogenated alkanes) is 2. The number of fused-ring (bicyclic) bond motifs is 1. The maximum absolute atomic E-state index is 6.25. The molecule has 0 N–H and O–H groups in total. The van der Waals surface area contributed by atoms with E-state index in [9.17, 15) is 0 Å². The average molecular weight is 412 g/mol. The Morgan fingerprint density at radius 3 is 2.60 bits per heavy atom. The normalized spacial score (nSPS) is 20.9. The van der Waals surface area contributed by atoms with Crippen molar-refractivity contribution in [3.63, 3.8) is 0 Å². The van der Waals surface area contributed by atoms with E-state index in [1.165, 1.54) is 31.4 Å². The molecule has 1 saturated heterocycles. The van der Waals surface area contributed by atoms with Crippen LogP contribution in [0.25, 0.3) is 0 Å². The van der Waals surface area contributed by atoms with Crippen molar-refractivity contribution < 1.29 is 18.9 Å². The summed E-state index contributed by atoms with van der Waals surface area (Å²) in [5.74, 6) is 4.24. The zero-order valence-corrected chi connectivity index (χ0v) is 18.1. The van der Waals surface area contributed by atoms with Gasteiger partial charge in [0.25, 0.3) is 0 Å². The first-order valence-corrected chi connectivity index (χ1v) is 11.2. The van der Waals surface area contributed by atoms with Crippen molar-refractivity contribution in [3.05, 3.63) is 48.0 Å². The zero-order valence-electron chi connectivity index (χ0n) is 18.1. The van der Waals surface area contributed by atoms with Gasteiger partial charge in [0, 0.05) is 18.5 Å². The standard InChI is InChI=1S/C25H33NO4/c1-3-4-5-13-26-14-12-23(19-6-8-21(27-2)9-7-19)20(16-26)17-28-22-10-11-24-25(15-22)30-18-29-24/h6-11,15,20,23H,3-5,12-14,16-18H2,1-2H3/t20-,23-/m1/s1. The van der Waals surface area contributed by atoms with Crippen LogP contribution in [0.15, 0.2) is 42.5 Å². The number of likely N-dealkylation sites (tertiary alicyclic amines) is 1. The molecule has 5 nitrogen and oxygen atoms in total. The average Bonchev–Trinajstić information content (AvgIpc) is 3.26. The predicted molar refractivity (Wildman–Crippen MR) is 118 cm³/mol. The second kappa shape index (κ2) is 10.1. The molecule has 0 bridgehead atoms. The van der Waals surface area contributed by atoms with Crippen LogP contribution in [-0.4, -0.2) is 45.0 Å². The summed E-state index contributed by atoms with van der Waals surface area (Å²) in [6.07, 6.45) is 5.00. The highest BCUT2D eigenvalue weighted by atomic mass is 16.7. The Hall–Kier alpha value is -2.40. The highest BCUT2D eigenvalue weighted by Gasteiger charge is 2.31. The number of hydrogen-bond donors (Lipinski definition) is 0. The lowest BCUT2D eigenvalue weighted by Gasteiger charge is -2.39. The van der Waals surface area contributed by atoms with E-state index in [0.717, 1.165) is 42.5 Å². The van der Waals surface area contributed by atoms with Crippen LogP contribution in [0.5, 0.6) is 23.0 Å². The molecular weight excluding hydrogens is 378 g/mol. The Morgan fingerprint density at radius 2 is 1.80 bits per heavy atom. The quantitative estimate of drug-likeness (QED) is 0.537. The van der Waals surface area contributed by atoms with Crippen molar-refractivity contribution in [1.29, 1.82) is 0 Å². The molecule has 4 rings (SSSR count). The summed E-state index contributed by atoms with van der Waals surface area (Å²) in [5.41, 5.74) is 1.38. The van der Waals surface area contributed by atoms with E-state index in [1.807, 2.05) is 18.2 Å². The fourth-order valence-electron chi connectivity index (χ4n) is 4.52. The van der Waals surface area contributed by atoms with Crippen LogP contribution in [0, 0.1) is 5.92 Å². The van der Waals surface area contributed by atoms with E-state index in [1.54, 1.807) is 7.11 Å². The molecule has 5 heteroatoms. The van der Waals surface area contributed by atoms with E-state index < -0.39 is 0 Å². The maximum Gasteiger partial charge on any atom is 0.231 e. The molecule has 162 valence electrons. The number of nitrogens with zero attached hydrogens (tertiary/aromatic N) is 1. The number of methoxy groups -OCH3 is 1. The molecule has 2 aromatic rings. The predicted octanol–water partition coefficient (Wildman–Crippen LogP) is 5.10. The summed E-state index contributed by atoms with van der Waals surface area (Å²) in [6.45, 7) is 6.65. The SMILES string of the molecule is CCCCCN1CC[C@H](c2ccc(OC)cc2)[C@@H](COc2ccc3c(c2)OCO3)C1. The van der Waals surface area contributed by atoms with E-state index in [4.69, 9.17) is 18.9 Å². The Kier molecular flexibility index (Phi) is 7.00. The third-order valence-electron chi connectivity index (χ3n) is 6.25. The molecule has 0 saturated carbocycles. The lowest BCUT2D eigenvalue weighted by molar-refractivity contribution is 0.109. The molecule has 1 fully saturated rings. The van der Waals surface area contributed by atoms with Gasteiger partial charge in [-0.15, -0.1) is 0 Å². The molecule has 0 unspecified atom stereocenters. The van der Waals surface area contributed by atoms with Crippen LogP contribution in [-0.2, 0) is 0 Å². The van der Waals surface area contributed by atoms with Crippen LogP contribution in [0.1, 0.15) is 44.1 Å². The van der Waals surface area contributed by atoms with Crippen molar-refractivity contribution in [3.8, 4) is 23.0 Å². The molecular formula is C25H33NO4. The summed E-state index contributed by atoms with van der Waals surface area (Å²) in [4.78, 5) is 2.61. The Balaban J connectivity index is 1.44. The van der Waals surface area contributed by atoms with Gasteiger partial charge < -0.3 is 23.8 Å². The molecule has 0 amide bonds. The smallest absolute Gasteiger partial charge is 0.231 e. The van der Waals surface area contributed by atoms with Crippen molar-refractivity contribution in [2.24, 2.45) is 5.92 Å². The summed E-state index contributed by atoms with van der Waals surface area (Å²) < 4.78 is 22.5. The molecule has 0 radical (unpaired) electrons. The fourth-order valence-corrected chi connectivity index (χ4v) is 4.52. The highest BCUT2D eigenvalue weighted by Crippen LogP contribution is 2.37. The maximum atomic E-state index is 6.25. The first-order valence-electron chi connectivity index (χ1n) is 11.2. The molecule has 2 atom stereocenters. The first kappa shape index (κ1) is 20.9. The first-order chi connectivity index (χ1) is 14.8. The number of ether oxygens (including phenoxy) is 4. The third-order valence-corrected chi connectivity index (χ3v) is 6.25. The molecule has 2 aromatic carbocycles. The van der Waals surface area contributed by atoms with Gasteiger partial charge in [-0.3, -0.25) is 0 Å². The Bertz CT molecular complexity index is 807. The molecule has 0 aromatic heterocycles. The summed E-state index contributed by atoms with van der Waals surface area (Å²) in [6, 6.07) is 14.4. The molecule has 0 aliphatic carbocycles. The minimum atomic E-state index is 0.285. The molecule has 2 aliphatic rings. The second-order valence-electron chi connectivity index (χ2n) is 8.26. The van der Waals surface area contributed by atoms with Gasteiger partial charge in [0.1, 0.15) is 11.5 Å². The van der Waals surface area contributed by atoms with Gasteiger partial charge in [-0.1, -0.05) is 31.9 Å². The van der Waals surface area contributed by atoms with Crippen molar-refractivity contribution in [1.82, 2.24) is 4.90 Å². The summed E-state index contributed by atoms with van der Waals surface area (Å²) >= 11 is 0. The van der Waals surface area contributed by atoms with E-state index in [0.29, 0.717) is 18.4 Å². The number of piperidine rings is 1. The number of benzene rings is 2. The molecule has 0 spiro atoms. The fraction of sp³-hybridized carbons (Fsp3) is 0.520. The van der Waals surface area contributed by atoms with Gasteiger partial charge in [-0.2, -0.15) is 0 Å². The lowest BCUT2D eigenvalue weighted by atomic mass is 9.80. The van der Waals surface area contributed by atoms with Gasteiger partial charge in [0.15, 0.2) is 11.5 Å². The molecule has 30 heavy (non-hydrogen) atoms. The van der Waals surface area contributed by atoms with E-state index in [2.05, 4.69) is 36.1 Å². The van der Waals surface area contributed by atoms with Crippen LogP contribution in [0.4, 0.5) is 0 Å². The van der Waals surface area contributed by atoms with Gasteiger partial charge >= 0.3 is 0 Å². The summed E-state index contributed by atoms with van der Waals surface area (Å²) in [5, 5.41) is 0. The topological polar surface area (TPSA) is 40.2 Å². The number of rotatable bonds is 9. The van der Waals surface area contributed by atoms with Crippen molar-refractivity contribution >= 4 is 0 Å². The van der Waals surface area contributed by atoms with Gasteiger partial charge in [0.2, 0.25) is 6.79 Å². The Labute approximate surface area is 179 Å².